The van der Waals surface area contributed by atoms with E-state index in [0.29, 0.717) is 32.5 Å². The number of hydrogen-bond donors (Lipinski definition) is 1. The van der Waals surface area contributed by atoms with Crippen LogP contribution in [-0.2, 0) is 14.6 Å². The largest absolute Gasteiger partial charge is 0.492 e. The Labute approximate surface area is 144 Å². The van der Waals surface area contributed by atoms with Gasteiger partial charge in [0.25, 0.3) is 0 Å². The third kappa shape index (κ3) is 4.87. The van der Waals surface area contributed by atoms with Gasteiger partial charge in [0, 0.05) is 25.6 Å². The number of amides is 1. The highest BCUT2D eigenvalue weighted by Gasteiger charge is 2.33. The van der Waals surface area contributed by atoms with Gasteiger partial charge in [-0.3, -0.25) is 4.79 Å². The standard InChI is InChI=1S/C17H26N2O4S/c1-3-19(14-10-12-24(21,22)13-14)17(20)9-11-18-15-7-5-6-8-16(15)23-4-2/h5-8,14,18H,3-4,9-13H2,1-2H3. The third-order valence-electron chi connectivity index (χ3n) is 4.15. The summed E-state index contributed by atoms with van der Waals surface area (Å²) >= 11 is 0. The molecule has 1 saturated heterocycles. The molecule has 2 rings (SSSR count). The Morgan fingerprint density at radius 1 is 1.33 bits per heavy atom. The van der Waals surface area contributed by atoms with Crippen LogP contribution in [0.15, 0.2) is 24.3 Å². The van der Waals surface area contributed by atoms with Gasteiger partial charge >= 0.3 is 0 Å². The van der Waals surface area contributed by atoms with Crippen molar-refractivity contribution in [2.45, 2.75) is 32.7 Å². The van der Waals surface area contributed by atoms with Crippen LogP contribution in [0.4, 0.5) is 5.69 Å². The van der Waals surface area contributed by atoms with Crippen LogP contribution < -0.4 is 10.1 Å². The third-order valence-corrected chi connectivity index (χ3v) is 5.90. The van der Waals surface area contributed by atoms with Crippen LogP contribution in [0.1, 0.15) is 26.7 Å². The second-order valence-corrected chi connectivity index (χ2v) is 8.07. The number of benzene rings is 1. The highest BCUT2D eigenvalue weighted by atomic mass is 32.2. The lowest BCUT2D eigenvalue weighted by Crippen LogP contribution is -2.41. The van der Waals surface area contributed by atoms with Crippen LogP contribution in [0.2, 0.25) is 0 Å². The smallest absolute Gasteiger partial charge is 0.224 e. The Morgan fingerprint density at radius 2 is 2.08 bits per heavy atom. The highest BCUT2D eigenvalue weighted by Crippen LogP contribution is 2.24. The molecule has 1 atom stereocenters. The lowest BCUT2D eigenvalue weighted by molar-refractivity contribution is -0.132. The molecule has 1 heterocycles. The Bertz CT molecular complexity index is 660. The first-order chi connectivity index (χ1) is 11.5. The van der Waals surface area contributed by atoms with Crippen molar-refractivity contribution in [3.05, 3.63) is 24.3 Å². The van der Waals surface area contributed by atoms with E-state index in [1.807, 2.05) is 38.1 Å². The summed E-state index contributed by atoms with van der Waals surface area (Å²) < 4.78 is 28.8. The van der Waals surface area contributed by atoms with E-state index in [2.05, 4.69) is 5.32 Å². The molecule has 1 aliphatic heterocycles. The molecule has 24 heavy (non-hydrogen) atoms. The molecule has 0 bridgehead atoms. The maximum atomic E-state index is 12.4. The zero-order valence-corrected chi connectivity index (χ0v) is 15.1. The molecule has 134 valence electrons. The number of nitrogens with zero attached hydrogens (tertiary/aromatic N) is 1. The summed E-state index contributed by atoms with van der Waals surface area (Å²) in [5.41, 5.74) is 0.860. The van der Waals surface area contributed by atoms with E-state index < -0.39 is 9.84 Å². The monoisotopic (exact) mass is 354 g/mol. The van der Waals surface area contributed by atoms with Crippen molar-refractivity contribution in [3.8, 4) is 5.75 Å². The van der Waals surface area contributed by atoms with Crippen LogP contribution in [0, 0.1) is 0 Å². The van der Waals surface area contributed by atoms with Gasteiger partial charge in [-0.05, 0) is 32.4 Å². The van der Waals surface area contributed by atoms with Crippen LogP contribution in [0.25, 0.3) is 0 Å². The first-order valence-electron chi connectivity index (χ1n) is 8.42. The first kappa shape index (κ1) is 18.6. The van der Waals surface area contributed by atoms with Gasteiger partial charge in [-0.1, -0.05) is 12.1 Å². The van der Waals surface area contributed by atoms with Gasteiger partial charge < -0.3 is 15.0 Å². The number of carbonyl (C=O) groups is 1. The molecule has 1 unspecified atom stereocenters. The van der Waals surface area contributed by atoms with E-state index in [1.165, 1.54) is 0 Å². The average Bonchev–Trinajstić information content (AvgIpc) is 2.90. The van der Waals surface area contributed by atoms with Crippen molar-refractivity contribution >= 4 is 21.4 Å². The van der Waals surface area contributed by atoms with Crippen molar-refractivity contribution in [1.82, 2.24) is 4.90 Å². The summed E-state index contributed by atoms with van der Waals surface area (Å²) in [6.45, 7) is 5.42. The van der Waals surface area contributed by atoms with Crippen molar-refractivity contribution in [2.75, 3.05) is 36.5 Å². The molecule has 0 saturated carbocycles. The van der Waals surface area contributed by atoms with E-state index in [-0.39, 0.29) is 23.5 Å². The second-order valence-electron chi connectivity index (χ2n) is 5.84. The van der Waals surface area contributed by atoms with E-state index in [1.54, 1.807) is 4.90 Å². The Kier molecular flexibility index (Phi) is 6.48. The normalized spacial score (nSPS) is 19.0. The van der Waals surface area contributed by atoms with Crippen LogP contribution in [-0.4, -0.2) is 56.5 Å². The fraction of sp³-hybridized carbons (Fsp3) is 0.588. The predicted octanol–water partition coefficient (Wildman–Crippen LogP) is 1.92. The quantitative estimate of drug-likeness (QED) is 0.772. The van der Waals surface area contributed by atoms with Gasteiger partial charge in [-0.15, -0.1) is 0 Å². The maximum Gasteiger partial charge on any atom is 0.224 e. The highest BCUT2D eigenvalue weighted by molar-refractivity contribution is 7.91. The van der Waals surface area contributed by atoms with Crippen LogP contribution in [0.5, 0.6) is 5.75 Å². The van der Waals surface area contributed by atoms with Crippen molar-refractivity contribution < 1.29 is 17.9 Å². The molecule has 0 radical (unpaired) electrons. The SMILES string of the molecule is CCOc1ccccc1NCCC(=O)N(CC)C1CCS(=O)(=O)C1. The van der Waals surface area contributed by atoms with Gasteiger partial charge in [0.15, 0.2) is 9.84 Å². The number of carbonyl (C=O) groups excluding carboxylic acids is 1. The molecular weight excluding hydrogens is 328 g/mol. The predicted molar refractivity (Wildman–Crippen MR) is 95.2 cm³/mol. The van der Waals surface area contributed by atoms with E-state index in [9.17, 15) is 13.2 Å². The Morgan fingerprint density at radius 3 is 2.71 bits per heavy atom. The summed E-state index contributed by atoms with van der Waals surface area (Å²) in [5.74, 6) is 1.02. The molecule has 6 nitrogen and oxygen atoms in total. The zero-order valence-electron chi connectivity index (χ0n) is 14.3. The van der Waals surface area contributed by atoms with Gasteiger partial charge in [-0.25, -0.2) is 8.42 Å². The van der Waals surface area contributed by atoms with Crippen molar-refractivity contribution in [1.29, 1.82) is 0 Å². The molecule has 1 fully saturated rings. The minimum absolute atomic E-state index is 0.0130. The number of hydrogen-bond acceptors (Lipinski definition) is 5. The summed E-state index contributed by atoms with van der Waals surface area (Å²) in [4.78, 5) is 14.1. The number of anilines is 1. The van der Waals surface area contributed by atoms with Gasteiger partial charge in [0.05, 0.1) is 23.8 Å². The van der Waals surface area contributed by atoms with E-state index in [4.69, 9.17) is 4.74 Å². The molecule has 0 spiro atoms. The summed E-state index contributed by atoms with van der Waals surface area (Å²) in [6.07, 6.45) is 0.868. The number of para-hydroxylation sites is 2. The molecular formula is C17H26N2O4S. The lowest BCUT2D eigenvalue weighted by atomic mass is 10.2. The fourth-order valence-corrected chi connectivity index (χ4v) is 4.73. The minimum atomic E-state index is -2.99. The van der Waals surface area contributed by atoms with E-state index in [0.717, 1.165) is 11.4 Å². The fourth-order valence-electron chi connectivity index (χ4n) is 3.00. The van der Waals surface area contributed by atoms with Gasteiger partial charge in [0.2, 0.25) is 5.91 Å². The summed E-state index contributed by atoms with van der Waals surface area (Å²) in [7, 11) is -2.99. The van der Waals surface area contributed by atoms with Gasteiger partial charge in [-0.2, -0.15) is 0 Å². The lowest BCUT2D eigenvalue weighted by Gasteiger charge is -2.27. The molecule has 7 heteroatoms. The summed E-state index contributed by atoms with van der Waals surface area (Å²) in [6, 6.07) is 7.43. The van der Waals surface area contributed by atoms with Crippen LogP contribution >= 0.6 is 0 Å². The number of ether oxygens (including phenoxy) is 1. The van der Waals surface area contributed by atoms with Gasteiger partial charge in [0.1, 0.15) is 5.75 Å². The molecule has 0 aromatic heterocycles. The average molecular weight is 354 g/mol. The molecule has 0 aliphatic carbocycles. The Balaban J connectivity index is 1.88. The number of nitrogens with one attached hydrogen (secondary N) is 1. The molecule has 1 N–H and O–H groups in total. The second kappa shape index (κ2) is 8.37. The molecule has 1 aromatic carbocycles. The van der Waals surface area contributed by atoms with Crippen molar-refractivity contribution in [2.24, 2.45) is 0 Å². The molecule has 1 aliphatic rings. The Hall–Kier alpha value is -1.76. The van der Waals surface area contributed by atoms with E-state index >= 15 is 0 Å². The number of sulfone groups is 1. The zero-order chi connectivity index (χ0) is 17.6. The molecule has 1 amide bonds. The molecule has 1 aromatic rings. The van der Waals surface area contributed by atoms with Crippen LogP contribution in [0.3, 0.4) is 0 Å². The topological polar surface area (TPSA) is 75.7 Å². The van der Waals surface area contributed by atoms with Crippen molar-refractivity contribution in [3.63, 3.8) is 0 Å². The maximum absolute atomic E-state index is 12.4. The first-order valence-corrected chi connectivity index (χ1v) is 10.2. The minimum Gasteiger partial charge on any atom is -0.492 e. The summed E-state index contributed by atoms with van der Waals surface area (Å²) in [5, 5.41) is 3.22. The number of rotatable bonds is 8.